The smallest absolute Gasteiger partial charge is 0.223 e. The first-order valence-corrected chi connectivity index (χ1v) is 6.47. The van der Waals surface area contributed by atoms with Gasteiger partial charge in [0.1, 0.15) is 11.5 Å². The first-order valence-electron chi connectivity index (χ1n) is 5.59. The molecule has 0 fully saturated rings. The Morgan fingerprint density at radius 2 is 2.11 bits per heavy atom. The Kier molecular flexibility index (Phi) is 4.01. The predicted octanol–water partition coefficient (Wildman–Crippen LogP) is 2.79. The molecular weight excluding hydrogens is 264 g/mol. The lowest BCUT2D eigenvalue weighted by molar-refractivity contribution is -0.114. The minimum atomic E-state index is -0.136. The number of amides is 1. The van der Waals surface area contributed by atoms with Crippen LogP contribution in [0.5, 0.6) is 11.5 Å². The summed E-state index contributed by atoms with van der Waals surface area (Å²) in [6.45, 7) is 1.45. The molecule has 2 rings (SSSR count). The molecule has 100 valence electrons. The Hall–Kier alpha value is -2.08. The number of benzene rings is 1. The van der Waals surface area contributed by atoms with Gasteiger partial charge in [-0.15, -0.1) is 11.3 Å². The van der Waals surface area contributed by atoms with Gasteiger partial charge in [0.15, 0.2) is 5.13 Å². The number of nitrogens with zero attached hydrogens (tertiary/aromatic N) is 1. The van der Waals surface area contributed by atoms with Gasteiger partial charge in [-0.3, -0.25) is 4.79 Å². The number of aromatic nitrogens is 1. The lowest BCUT2D eigenvalue weighted by Crippen LogP contribution is -2.05. The fourth-order valence-electron chi connectivity index (χ4n) is 1.62. The summed E-state index contributed by atoms with van der Waals surface area (Å²) in [7, 11) is 3.20. The van der Waals surface area contributed by atoms with Crippen molar-refractivity contribution in [1.29, 1.82) is 0 Å². The van der Waals surface area contributed by atoms with Gasteiger partial charge in [-0.2, -0.15) is 0 Å². The van der Waals surface area contributed by atoms with E-state index < -0.39 is 0 Å². The molecule has 0 spiro atoms. The molecule has 0 aliphatic heterocycles. The average molecular weight is 278 g/mol. The minimum absolute atomic E-state index is 0.136. The largest absolute Gasteiger partial charge is 0.497 e. The number of carbonyl (C=O) groups is 1. The lowest BCUT2D eigenvalue weighted by Gasteiger charge is -2.08. The molecule has 0 atom stereocenters. The highest BCUT2D eigenvalue weighted by molar-refractivity contribution is 7.14. The van der Waals surface area contributed by atoms with Gasteiger partial charge in [-0.25, -0.2) is 4.98 Å². The third kappa shape index (κ3) is 3.03. The second-order valence-electron chi connectivity index (χ2n) is 3.79. The highest BCUT2D eigenvalue weighted by Crippen LogP contribution is 2.34. The van der Waals surface area contributed by atoms with Crippen molar-refractivity contribution in [1.82, 2.24) is 4.98 Å². The first-order chi connectivity index (χ1) is 9.13. The van der Waals surface area contributed by atoms with E-state index >= 15 is 0 Å². The molecule has 0 aliphatic rings. The number of anilines is 1. The second-order valence-corrected chi connectivity index (χ2v) is 4.64. The highest BCUT2D eigenvalue weighted by atomic mass is 32.1. The van der Waals surface area contributed by atoms with E-state index in [9.17, 15) is 4.79 Å². The summed E-state index contributed by atoms with van der Waals surface area (Å²) in [5.74, 6) is 1.26. The number of thiazole rings is 1. The summed E-state index contributed by atoms with van der Waals surface area (Å²) < 4.78 is 10.5. The van der Waals surface area contributed by atoms with Gasteiger partial charge in [0.05, 0.1) is 19.9 Å². The molecule has 1 N–H and O–H groups in total. The summed E-state index contributed by atoms with van der Waals surface area (Å²) in [5.41, 5.74) is 1.62. The molecule has 1 aromatic heterocycles. The third-order valence-electron chi connectivity index (χ3n) is 2.47. The van der Waals surface area contributed by atoms with Crippen molar-refractivity contribution in [3.8, 4) is 22.8 Å². The number of rotatable bonds is 4. The van der Waals surface area contributed by atoms with Crippen LogP contribution in [-0.2, 0) is 4.79 Å². The zero-order valence-corrected chi connectivity index (χ0v) is 11.7. The van der Waals surface area contributed by atoms with Gasteiger partial charge < -0.3 is 14.8 Å². The fraction of sp³-hybridized carbons (Fsp3) is 0.231. The molecule has 1 heterocycles. The van der Waals surface area contributed by atoms with Crippen molar-refractivity contribution < 1.29 is 14.3 Å². The van der Waals surface area contributed by atoms with Crippen LogP contribution in [0.3, 0.4) is 0 Å². The molecule has 0 saturated heterocycles. The minimum Gasteiger partial charge on any atom is -0.497 e. The molecule has 0 bridgehead atoms. The van der Waals surface area contributed by atoms with Crippen LogP contribution in [0.1, 0.15) is 6.92 Å². The SMILES string of the molecule is COc1ccc(-c2csc(NC(C)=O)n2)c(OC)c1. The molecule has 5 nitrogen and oxygen atoms in total. The number of hydrogen-bond donors (Lipinski definition) is 1. The molecule has 1 aromatic carbocycles. The predicted molar refractivity (Wildman–Crippen MR) is 75.0 cm³/mol. The van der Waals surface area contributed by atoms with Crippen molar-refractivity contribution in [3.63, 3.8) is 0 Å². The molecule has 0 unspecified atom stereocenters. The van der Waals surface area contributed by atoms with E-state index in [2.05, 4.69) is 10.3 Å². The molecule has 6 heteroatoms. The molecule has 19 heavy (non-hydrogen) atoms. The van der Waals surface area contributed by atoms with Gasteiger partial charge in [-0.05, 0) is 12.1 Å². The van der Waals surface area contributed by atoms with Crippen LogP contribution in [0.4, 0.5) is 5.13 Å². The molecule has 0 aliphatic carbocycles. The Labute approximate surface area is 115 Å². The van der Waals surface area contributed by atoms with Crippen LogP contribution in [0.15, 0.2) is 23.6 Å². The van der Waals surface area contributed by atoms with E-state index in [1.807, 2.05) is 17.5 Å². The Morgan fingerprint density at radius 1 is 1.32 bits per heavy atom. The normalized spacial score (nSPS) is 10.1. The summed E-state index contributed by atoms with van der Waals surface area (Å²) in [6, 6.07) is 5.52. The van der Waals surface area contributed by atoms with Crippen LogP contribution in [-0.4, -0.2) is 25.1 Å². The molecule has 0 saturated carbocycles. The number of carbonyl (C=O) groups excluding carboxylic acids is 1. The van der Waals surface area contributed by atoms with Crippen LogP contribution >= 0.6 is 11.3 Å². The molecular formula is C13H14N2O3S. The molecule has 1 amide bonds. The van der Waals surface area contributed by atoms with Crippen molar-refractivity contribution in [2.45, 2.75) is 6.92 Å². The van der Waals surface area contributed by atoms with Crippen molar-refractivity contribution in [2.75, 3.05) is 19.5 Å². The lowest BCUT2D eigenvalue weighted by atomic mass is 10.1. The van der Waals surface area contributed by atoms with Gasteiger partial charge >= 0.3 is 0 Å². The monoisotopic (exact) mass is 278 g/mol. The third-order valence-corrected chi connectivity index (χ3v) is 3.23. The second kappa shape index (κ2) is 5.71. The summed E-state index contributed by atoms with van der Waals surface area (Å²) in [6.07, 6.45) is 0. The number of hydrogen-bond acceptors (Lipinski definition) is 5. The molecule has 2 aromatic rings. The Morgan fingerprint density at radius 3 is 2.74 bits per heavy atom. The van der Waals surface area contributed by atoms with Crippen LogP contribution in [0, 0.1) is 0 Å². The number of nitrogens with one attached hydrogen (secondary N) is 1. The van der Waals surface area contributed by atoms with Crippen LogP contribution < -0.4 is 14.8 Å². The zero-order valence-electron chi connectivity index (χ0n) is 10.9. The van der Waals surface area contributed by atoms with E-state index in [-0.39, 0.29) is 5.91 Å². The van der Waals surface area contributed by atoms with Crippen LogP contribution in [0.25, 0.3) is 11.3 Å². The maximum absolute atomic E-state index is 11.0. The Bertz CT molecular complexity index is 595. The van der Waals surface area contributed by atoms with Gasteiger partial charge in [0, 0.05) is 23.9 Å². The van der Waals surface area contributed by atoms with E-state index in [1.54, 1.807) is 20.3 Å². The quantitative estimate of drug-likeness (QED) is 0.934. The maximum atomic E-state index is 11.0. The van der Waals surface area contributed by atoms with Gasteiger partial charge in [-0.1, -0.05) is 0 Å². The highest BCUT2D eigenvalue weighted by Gasteiger charge is 2.11. The van der Waals surface area contributed by atoms with E-state index in [0.717, 1.165) is 17.0 Å². The summed E-state index contributed by atoms with van der Waals surface area (Å²) >= 11 is 1.37. The van der Waals surface area contributed by atoms with Crippen LogP contribution in [0.2, 0.25) is 0 Å². The average Bonchev–Trinajstić information content (AvgIpc) is 2.85. The fourth-order valence-corrected chi connectivity index (χ4v) is 2.37. The van der Waals surface area contributed by atoms with E-state index in [1.165, 1.54) is 18.3 Å². The van der Waals surface area contributed by atoms with E-state index in [4.69, 9.17) is 9.47 Å². The summed E-state index contributed by atoms with van der Waals surface area (Å²) in [5, 5.41) is 5.10. The van der Waals surface area contributed by atoms with Crippen molar-refractivity contribution >= 4 is 22.4 Å². The number of methoxy groups -OCH3 is 2. The topological polar surface area (TPSA) is 60.5 Å². The van der Waals surface area contributed by atoms with Gasteiger partial charge in [0.25, 0.3) is 0 Å². The number of ether oxygens (including phenoxy) is 2. The zero-order chi connectivity index (χ0) is 13.8. The standard InChI is InChI=1S/C13H14N2O3S/c1-8(16)14-13-15-11(7-19-13)10-5-4-9(17-2)6-12(10)18-3/h4-7H,1-3H3,(H,14,15,16). The summed E-state index contributed by atoms with van der Waals surface area (Å²) in [4.78, 5) is 15.3. The first kappa shape index (κ1) is 13.4. The van der Waals surface area contributed by atoms with Crippen molar-refractivity contribution in [2.24, 2.45) is 0 Å². The van der Waals surface area contributed by atoms with Crippen molar-refractivity contribution in [3.05, 3.63) is 23.6 Å². The Balaban J connectivity index is 2.35. The van der Waals surface area contributed by atoms with E-state index in [0.29, 0.717) is 10.9 Å². The van der Waals surface area contributed by atoms with Gasteiger partial charge in [0.2, 0.25) is 5.91 Å². The maximum Gasteiger partial charge on any atom is 0.223 e. The molecule has 0 radical (unpaired) electrons.